The molecule has 2 nitrogen and oxygen atoms in total. The van der Waals surface area contributed by atoms with E-state index in [1.165, 1.54) is 5.56 Å². The molecule has 0 amide bonds. The van der Waals surface area contributed by atoms with Gasteiger partial charge in [-0.3, -0.25) is 0 Å². The molecule has 84 valence electrons. The van der Waals surface area contributed by atoms with Crippen molar-refractivity contribution in [3.8, 4) is 0 Å². The zero-order valence-corrected chi connectivity index (χ0v) is 9.83. The summed E-state index contributed by atoms with van der Waals surface area (Å²) in [5, 5.41) is 12.5. The second kappa shape index (κ2) is 5.29. The van der Waals surface area contributed by atoms with Crippen LogP contribution in [-0.4, -0.2) is 17.3 Å². The highest BCUT2D eigenvalue weighted by Crippen LogP contribution is 2.17. The van der Waals surface area contributed by atoms with E-state index in [0.717, 1.165) is 6.42 Å². The topological polar surface area (TPSA) is 32.3 Å². The maximum atomic E-state index is 8.95. The van der Waals surface area contributed by atoms with Crippen molar-refractivity contribution in [2.75, 3.05) is 6.61 Å². The third kappa shape index (κ3) is 4.02. The van der Waals surface area contributed by atoms with Crippen LogP contribution in [0.15, 0.2) is 30.3 Å². The van der Waals surface area contributed by atoms with E-state index in [0.29, 0.717) is 6.04 Å². The summed E-state index contributed by atoms with van der Waals surface area (Å²) in [5.41, 5.74) is 1.26. The molecule has 0 saturated carbocycles. The predicted octanol–water partition coefficient (Wildman–Crippen LogP) is 2.50. The lowest BCUT2D eigenvalue weighted by atomic mass is 9.98. The van der Waals surface area contributed by atoms with Crippen LogP contribution in [0.3, 0.4) is 0 Å². The van der Waals surface area contributed by atoms with Gasteiger partial charge in [0, 0.05) is 18.2 Å². The molecule has 0 saturated heterocycles. The van der Waals surface area contributed by atoms with E-state index < -0.39 is 0 Å². The summed E-state index contributed by atoms with van der Waals surface area (Å²) in [4.78, 5) is 0. The Bertz CT molecular complexity index is 282. The van der Waals surface area contributed by atoms with Gasteiger partial charge in [0.1, 0.15) is 0 Å². The van der Waals surface area contributed by atoms with Crippen LogP contribution in [0.5, 0.6) is 0 Å². The predicted molar refractivity (Wildman–Crippen MR) is 63.8 cm³/mol. The van der Waals surface area contributed by atoms with Crippen molar-refractivity contribution < 1.29 is 5.11 Å². The van der Waals surface area contributed by atoms with Crippen LogP contribution in [0.4, 0.5) is 0 Å². The molecular weight excluding hydrogens is 186 g/mol. The normalized spacial score (nSPS) is 13.9. The molecule has 0 aromatic heterocycles. The van der Waals surface area contributed by atoms with Crippen molar-refractivity contribution in [3.63, 3.8) is 0 Å². The van der Waals surface area contributed by atoms with Crippen molar-refractivity contribution in [2.45, 2.75) is 38.8 Å². The number of aliphatic hydroxyl groups is 1. The minimum Gasteiger partial charge on any atom is -0.396 e. The summed E-state index contributed by atoms with van der Waals surface area (Å²) in [5.74, 6) is 0. The molecule has 0 spiro atoms. The minimum absolute atomic E-state index is 0.0238. The Balaban J connectivity index is 2.59. The second-order valence-electron chi connectivity index (χ2n) is 4.63. The van der Waals surface area contributed by atoms with Crippen molar-refractivity contribution >= 4 is 0 Å². The number of nitrogens with one attached hydrogen (secondary N) is 1. The van der Waals surface area contributed by atoms with Gasteiger partial charge in [0.2, 0.25) is 0 Å². The van der Waals surface area contributed by atoms with E-state index >= 15 is 0 Å². The molecule has 0 aliphatic carbocycles. The van der Waals surface area contributed by atoms with Crippen LogP contribution in [-0.2, 0) is 0 Å². The fourth-order valence-electron chi connectivity index (χ4n) is 1.76. The van der Waals surface area contributed by atoms with Gasteiger partial charge in [-0.05, 0) is 32.8 Å². The maximum Gasteiger partial charge on any atom is 0.0448 e. The molecular formula is C13H21NO. The van der Waals surface area contributed by atoms with Crippen LogP contribution in [0, 0.1) is 0 Å². The van der Waals surface area contributed by atoms with Gasteiger partial charge in [-0.25, -0.2) is 0 Å². The fraction of sp³-hybridized carbons (Fsp3) is 0.538. The third-order valence-electron chi connectivity index (χ3n) is 2.64. The lowest BCUT2D eigenvalue weighted by molar-refractivity contribution is 0.221. The first-order valence-electron chi connectivity index (χ1n) is 5.49. The quantitative estimate of drug-likeness (QED) is 0.777. The average molecular weight is 207 g/mol. The minimum atomic E-state index is -0.0238. The molecule has 1 aromatic rings. The highest BCUT2D eigenvalue weighted by Gasteiger charge is 2.19. The first-order valence-corrected chi connectivity index (χ1v) is 5.49. The fourth-order valence-corrected chi connectivity index (χ4v) is 1.76. The Morgan fingerprint density at radius 1 is 1.27 bits per heavy atom. The number of rotatable bonds is 5. The summed E-state index contributed by atoms with van der Waals surface area (Å²) in [6, 6.07) is 10.7. The maximum absolute atomic E-state index is 8.95. The van der Waals surface area contributed by atoms with E-state index in [1.807, 2.05) is 18.2 Å². The van der Waals surface area contributed by atoms with Gasteiger partial charge in [-0.15, -0.1) is 0 Å². The second-order valence-corrected chi connectivity index (χ2v) is 4.63. The Hall–Kier alpha value is -0.860. The first kappa shape index (κ1) is 12.2. The molecule has 1 atom stereocenters. The Morgan fingerprint density at radius 2 is 1.87 bits per heavy atom. The van der Waals surface area contributed by atoms with Gasteiger partial charge in [-0.1, -0.05) is 30.3 Å². The Labute approximate surface area is 92.3 Å². The van der Waals surface area contributed by atoms with Crippen molar-refractivity contribution in [2.24, 2.45) is 0 Å². The molecule has 0 bridgehead atoms. The molecule has 0 fully saturated rings. The van der Waals surface area contributed by atoms with Gasteiger partial charge in [0.25, 0.3) is 0 Å². The molecule has 2 heteroatoms. The lowest BCUT2D eigenvalue weighted by Crippen LogP contribution is -2.41. The monoisotopic (exact) mass is 207 g/mol. The van der Waals surface area contributed by atoms with Crippen LogP contribution in [0.2, 0.25) is 0 Å². The van der Waals surface area contributed by atoms with E-state index in [1.54, 1.807) is 0 Å². The molecule has 15 heavy (non-hydrogen) atoms. The summed E-state index contributed by atoms with van der Waals surface area (Å²) in [7, 11) is 0. The van der Waals surface area contributed by atoms with Gasteiger partial charge in [-0.2, -0.15) is 0 Å². The zero-order chi connectivity index (χ0) is 11.3. The number of hydrogen-bond donors (Lipinski definition) is 2. The van der Waals surface area contributed by atoms with Crippen LogP contribution < -0.4 is 5.32 Å². The smallest absolute Gasteiger partial charge is 0.0448 e. The Kier molecular flexibility index (Phi) is 4.30. The highest BCUT2D eigenvalue weighted by molar-refractivity contribution is 5.18. The lowest BCUT2D eigenvalue weighted by Gasteiger charge is -2.30. The molecule has 1 unspecified atom stereocenters. The average Bonchev–Trinajstić information content (AvgIpc) is 2.18. The van der Waals surface area contributed by atoms with Crippen molar-refractivity contribution in [1.29, 1.82) is 0 Å². The van der Waals surface area contributed by atoms with Crippen molar-refractivity contribution in [3.05, 3.63) is 35.9 Å². The van der Waals surface area contributed by atoms with Gasteiger partial charge in [0.05, 0.1) is 0 Å². The summed E-state index contributed by atoms with van der Waals surface area (Å²) >= 11 is 0. The van der Waals surface area contributed by atoms with Crippen LogP contribution in [0.1, 0.15) is 38.8 Å². The standard InChI is InChI=1S/C13H21NO/c1-11(12-7-5-4-6-8-12)14-13(2,3)9-10-15/h4-8,11,14-15H,9-10H2,1-3H3. The van der Waals surface area contributed by atoms with Gasteiger partial charge >= 0.3 is 0 Å². The SMILES string of the molecule is CC(NC(C)(C)CCO)c1ccccc1. The summed E-state index contributed by atoms with van der Waals surface area (Å²) in [6.45, 7) is 6.60. The molecule has 0 aliphatic heterocycles. The molecule has 0 heterocycles. The summed E-state index contributed by atoms with van der Waals surface area (Å²) < 4.78 is 0. The third-order valence-corrected chi connectivity index (χ3v) is 2.64. The molecule has 2 N–H and O–H groups in total. The molecule has 0 aliphatic rings. The Morgan fingerprint density at radius 3 is 2.40 bits per heavy atom. The van der Waals surface area contributed by atoms with E-state index in [9.17, 15) is 0 Å². The molecule has 0 radical (unpaired) electrons. The highest BCUT2D eigenvalue weighted by atomic mass is 16.3. The molecule has 1 rings (SSSR count). The number of benzene rings is 1. The van der Waals surface area contributed by atoms with E-state index in [4.69, 9.17) is 5.11 Å². The van der Waals surface area contributed by atoms with Gasteiger partial charge in [0.15, 0.2) is 0 Å². The van der Waals surface area contributed by atoms with Crippen LogP contribution in [0.25, 0.3) is 0 Å². The van der Waals surface area contributed by atoms with Gasteiger partial charge < -0.3 is 10.4 Å². The zero-order valence-electron chi connectivity index (χ0n) is 9.83. The number of aliphatic hydroxyl groups excluding tert-OH is 1. The van der Waals surface area contributed by atoms with Crippen LogP contribution >= 0.6 is 0 Å². The number of hydrogen-bond acceptors (Lipinski definition) is 2. The largest absolute Gasteiger partial charge is 0.396 e. The summed E-state index contributed by atoms with van der Waals surface area (Å²) in [6.07, 6.45) is 0.768. The van der Waals surface area contributed by atoms with E-state index in [2.05, 4.69) is 38.2 Å². The van der Waals surface area contributed by atoms with Crippen molar-refractivity contribution in [1.82, 2.24) is 5.32 Å². The molecule has 1 aromatic carbocycles. The first-order chi connectivity index (χ1) is 7.05. The van der Waals surface area contributed by atoms with E-state index in [-0.39, 0.29) is 12.1 Å².